The van der Waals surface area contributed by atoms with Crippen LogP contribution in [0.4, 0.5) is 0 Å². The summed E-state index contributed by atoms with van der Waals surface area (Å²) < 4.78 is 1.83. The molecule has 0 radical (unpaired) electrons. The van der Waals surface area contributed by atoms with Gasteiger partial charge in [-0.15, -0.1) is 10.2 Å². The minimum atomic E-state index is 0.859. The summed E-state index contributed by atoms with van der Waals surface area (Å²) in [5.74, 6) is 0. The van der Waals surface area contributed by atoms with Crippen molar-refractivity contribution in [2.75, 3.05) is 7.05 Å². The van der Waals surface area contributed by atoms with Crippen molar-refractivity contribution in [2.24, 2.45) is 7.05 Å². The van der Waals surface area contributed by atoms with Gasteiger partial charge in [-0.2, -0.15) is 5.10 Å². The van der Waals surface area contributed by atoms with Crippen LogP contribution >= 0.6 is 0 Å². The molecule has 0 amide bonds. The average molecular weight is 369 g/mol. The topological polar surface area (TPSA) is 46.8 Å². The third-order valence-electron chi connectivity index (χ3n) is 4.62. The molecule has 0 fully saturated rings. The number of benzene rings is 2. The van der Waals surface area contributed by atoms with Crippen LogP contribution in [-0.2, 0) is 20.1 Å². The lowest BCUT2D eigenvalue weighted by atomic mass is 10.1. The van der Waals surface area contributed by atoms with Crippen LogP contribution in [0.2, 0.25) is 0 Å². The molecule has 0 N–H and O–H groups in total. The van der Waals surface area contributed by atoms with E-state index in [0.29, 0.717) is 0 Å². The molecule has 0 unspecified atom stereocenters. The highest BCUT2D eigenvalue weighted by Gasteiger charge is 2.07. The maximum absolute atomic E-state index is 4.44. The molecule has 0 aliphatic rings. The van der Waals surface area contributed by atoms with E-state index in [2.05, 4.69) is 57.7 Å². The van der Waals surface area contributed by atoms with E-state index in [-0.39, 0.29) is 0 Å². The number of nitrogens with zero attached hydrogens (tertiary/aromatic N) is 5. The first-order chi connectivity index (χ1) is 13.7. The molecule has 0 bridgehead atoms. The summed E-state index contributed by atoms with van der Waals surface area (Å²) in [5.41, 5.74) is 6.39. The van der Waals surface area contributed by atoms with Crippen molar-refractivity contribution in [1.29, 1.82) is 0 Å². The van der Waals surface area contributed by atoms with E-state index in [1.807, 2.05) is 60.4 Å². The number of hydrogen-bond acceptors (Lipinski definition) is 4. The minimum Gasteiger partial charge on any atom is -0.298 e. The predicted molar refractivity (Wildman–Crippen MR) is 111 cm³/mol. The third-order valence-corrected chi connectivity index (χ3v) is 4.62. The normalized spacial score (nSPS) is 11.1. The van der Waals surface area contributed by atoms with Gasteiger partial charge in [0.15, 0.2) is 0 Å². The Morgan fingerprint density at radius 2 is 1.46 bits per heavy atom. The lowest BCUT2D eigenvalue weighted by Gasteiger charge is -2.16. The van der Waals surface area contributed by atoms with E-state index in [0.717, 1.165) is 35.6 Å². The van der Waals surface area contributed by atoms with Crippen LogP contribution < -0.4 is 0 Å². The van der Waals surface area contributed by atoms with Gasteiger partial charge >= 0.3 is 0 Å². The first-order valence-corrected chi connectivity index (χ1v) is 9.32. The van der Waals surface area contributed by atoms with Crippen molar-refractivity contribution in [3.63, 3.8) is 0 Å². The van der Waals surface area contributed by atoms with Gasteiger partial charge in [0, 0.05) is 43.0 Å². The van der Waals surface area contributed by atoms with E-state index < -0.39 is 0 Å². The Morgan fingerprint density at radius 1 is 0.786 bits per heavy atom. The summed E-state index contributed by atoms with van der Waals surface area (Å²) in [6, 6.07) is 22.7. The molecule has 0 aliphatic carbocycles. The third kappa shape index (κ3) is 4.32. The van der Waals surface area contributed by atoms with Crippen molar-refractivity contribution in [1.82, 2.24) is 24.9 Å². The van der Waals surface area contributed by atoms with Crippen molar-refractivity contribution < 1.29 is 0 Å². The number of rotatable bonds is 6. The second-order valence-corrected chi connectivity index (χ2v) is 7.06. The minimum absolute atomic E-state index is 0.859. The smallest absolute Gasteiger partial charge is 0.0930 e. The molecule has 0 aliphatic heterocycles. The van der Waals surface area contributed by atoms with E-state index in [9.17, 15) is 0 Å². The highest BCUT2D eigenvalue weighted by Crippen LogP contribution is 2.22. The van der Waals surface area contributed by atoms with Crippen LogP contribution in [-0.4, -0.2) is 31.9 Å². The molecule has 0 spiro atoms. The second-order valence-electron chi connectivity index (χ2n) is 7.06. The van der Waals surface area contributed by atoms with Gasteiger partial charge in [-0.3, -0.25) is 9.58 Å². The molecular weight excluding hydrogens is 346 g/mol. The van der Waals surface area contributed by atoms with Crippen LogP contribution in [0.5, 0.6) is 0 Å². The SMILES string of the molecule is CN(Cc1cccc(-c2ccc(-c3ccccc3)nn2)c1)Cc1cnn(C)c1. The summed E-state index contributed by atoms with van der Waals surface area (Å²) >= 11 is 0. The molecule has 4 rings (SSSR count). The first kappa shape index (κ1) is 18.1. The molecule has 0 saturated heterocycles. The molecular formula is C23H23N5. The summed E-state index contributed by atoms with van der Waals surface area (Å²) in [6.45, 7) is 1.72. The Morgan fingerprint density at radius 3 is 2.14 bits per heavy atom. The van der Waals surface area contributed by atoms with Gasteiger partial charge in [0.2, 0.25) is 0 Å². The van der Waals surface area contributed by atoms with E-state index in [4.69, 9.17) is 0 Å². The van der Waals surface area contributed by atoms with Crippen molar-refractivity contribution in [2.45, 2.75) is 13.1 Å². The molecule has 2 heterocycles. The summed E-state index contributed by atoms with van der Waals surface area (Å²) in [4.78, 5) is 2.28. The van der Waals surface area contributed by atoms with Gasteiger partial charge in [0.1, 0.15) is 0 Å². The zero-order chi connectivity index (χ0) is 19.3. The highest BCUT2D eigenvalue weighted by atomic mass is 15.2. The second kappa shape index (κ2) is 8.15. The zero-order valence-corrected chi connectivity index (χ0v) is 16.2. The Balaban J connectivity index is 1.47. The molecule has 5 nitrogen and oxygen atoms in total. The molecule has 28 heavy (non-hydrogen) atoms. The number of hydrogen-bond donors (Lipinski definition) is 0. The number of aryl methyl sites for hydroxylation is 1. The van der Waals surface area contributed by atoms with Gasteiger partial charge in [-0.05, 0) is 30.8 Å². The summed E-state index contributed by atoms with van der Waals surface area (Å²) in [7, 11) is 4.06. The predicted octanol–water partition coefficient (Wildman–Crippen LogP) is 4.18. The van der Waals surface area contributed by atoms with Crippen molar-refractivity contribution in [3.8, 4) is 22.5 Å². The lowest BCUT2D eigenvalue weighted by molar-refractivity contribution is 0.319. The fraction of sp³-hybridized carbons (Fsp3) is 0.174. The Bertz CT molecular complexity index is 1040. The van der Waals surface area contributed by atoms with Gasteiger partial charge in [-0.25, -0.2) is 0 Å². The fourth-order valence-corrected chi connectivity index (χ4v) is 3.31. The lowest BCUT2D eigenvalue weighted by Crippen LogP contribution is -2.16. The fourth-order valence-electron chi connectivity index (χ4n) is 3.31. The zero-order valence-electron chi connectivity index (χ0n) is 16.2. The van der Waals surface area contributed by atoms with Crippen molar-refractivity contribution in [3.05, 3.63) is 90.3 Å². The van der Waals surface area contributed by atoms with E-state index >= 15 is 0 Å². The van der Waals surface area contributed by atoms with Gasteiger partial charge in [-0.1, -0.05) is 48.5 Å². The van der Waals surface area contributed by atoms with Crippen molar-refractivity contribution >= 4 is 0 Å². The highest BCUT2D eigenvalue weighted by molar-refractivity contribution is 5.63. The molecule has 5 heteroatoms. The molecule has 4 aromatic rings. The Hall–Kier alpha value is -3.31. The summed E-state index contributed by atoms with van der Waals surface area (Å²) in [5, 5.41) is 13.1. The summed E-state index contributed by atoms with van der Waals surface area (Å²) in [6.07, 6.45) is 3.97. The van der Waals surface area contributed by atoms with E-state index in [1.165, 1.54) is 11.1 Å². The molecule has 0 atom stereocenters. The maximum Gasteiger partial charge on any atom is 0.0930 e. The van der Waals surface area contributed by atoms with Crippen LogP contribution in [0.1, 0.15) is 11.1 Å². The van der Waals surface area contributed by atoms with E-state index in [1.54, 1.807) is 0 Å². The average Bonchev–Trinajstić information content (AvgIpc) is 3.13. The van der Waals surface area contributed by atoms with Crippen LogP contribution in [0.3, 0.4) is 0 Å². The van der Waals surface area contributed by atoms with Gasteiger partial charge in [0.05, 0.1) is 17.6 Å². The number of aromatic nitrogens is 4. The Labute approximate surface area is 165 Å². The first-order valence-electron chi connectivity index (χ1n) is 9.32. The standard InChI is InChI=1S/C23H23N5/c1-27(16-19-14-24-28(2)17-19)15-18-7-6-10-21(13-18)23-12-11-22(25-26-23)20-8-4-3-5-9-20/h3-14,17H,15-16H2,1-2H3. The van der Waals surface area contributed by atoms with Gasteiger partial charge in [0.25, 0.3) is 0 Å². The molecule has 140 valence electrons. The quantitative estimate of drug-likeness (QED) is 0.512. The van der Waals surface area contributed by atoms with Crippen LogP contribution in [0, 0.1) is 0 Å². The largest absolute Gasteiger partial charge is 0.298 e. The Kier molecular flexibility index (Phi) is 5.26. The van der Waals surface area contributed by atoms with Gasteiger partial charge < -0.3 is 0 Å². The van der Waals surface area contributed by atoms with Crippen LogP contribution in [0.25, 0.3) is 22.5 Å². The monoisotopic (exact) mass is 369 g/mol. The molecule has 0 saturated carbocycles. The maximum atomic E-state index is 4.44. The van der Waals surface area contributed by atoms with Crippen LogP contribution in [0.15, 0.2) is 79.1 Å². The molecule has 2 aromatic heterocycles. The molecule has 2 aromatic carbocycles.